The van der Waals surface area contributed by atoms with Crippen LogP contribution in [-0.2, 0) is 4.74 Å². The topological polar surface area (TPSA) is 82.2 Å². The Morgan fingerprint density at radius 1 is 1.00 bits per heavy atom. The third-order valence-corrected chi connectivity index (χ3v) is 5.47. The van der Waals surface area contributed by atoms with E-state index in [1.807, 2.05) is 12.1 Å². The van der Waals surface area contributed by atoms with Crippen molar-refractivity contribution in [1.82, 2.24) is 9.88 Å². The molecule has 0 atom stereocenters. The van der Waals surface area contributed by atoms with Gasteiger partial charge in [-0.05, 0) is 56.3 Å². The number of methoxy groups -OCH3 is 2. The molecule has 8 heteroatoms. The molecular formula is C24H27N3O5. The van der Waals surface area contributed by atoms with E-state index in [9.17, 15) is 4.79 Å². The van der Waals surface area contributed by atoms with E-state index in [0.717, 1.165) is 36.8 Å². The number of amides is 1. The molecule has 0 saturated carbocycles. The van der Waals surface area contributed by atoms with Gasteiger partial charge in [-0.15, -0.1) is 0 Å². The van der Waals surface area contributed by atoms with Crippen molar-refractivity contribution in [1.29, 1.82) is 0 Å². The predicted octanol–water partition coefficient (Wildman–Crippen LogP) is 4.69. The second kappa shape index (κ2) is 9.74. The minimum atomic E-state index is -0.436. The van der Waals surface area contributed by atoms with Crippen LogP contribution in [0.25, 0.3) is 10.9 Å². The molecule has 1 N–H and O–H groups in total. The van der Waals surface area contributed by atoms with Crippen molar-refractivity contribution in [3.63, 3.8) is 0 Å². The number of fused-ring (bicyclic) bond motifs is 1. The van der Waals surface area contributed by atoms with Crippen molar-refractivity contribution in [3.8, 4) is 23.0 Å². The second-order valence-corrected chi connectivity index (χ2v) is 7.69. The van der Waals surface area contributed by atoms with Crippen LogP contribution >= 0.6 is 0 Å². The lowest BCUT2D eigenvalue weighted by Gasteiger charge is -2.28. The molecule has 1 aliphatic rings. The third-order valence-electron chi connectivity index (χ3n) is 5.47. The number of piperidine rings is 1. The Bertz CT molecular complexity index is 1080. The molecule has 32 heavy (non-hydrogen) atoms. The molecule has 0 aliphatic carbocycles. The van der Waals surface area contributed by atoms with Gasteiger partial charge in [0.15, 0.2) is 11.5 Å². The van der Waals surface area contributed by atoms with Crippen LogP contribution in [0.1, 0.15) is 12.8 Å². The number of carbonyl (C=O) groups excluding carboxylic acids is 1. The maximum Gasteiger partial charge on any atom is 0.411 e. The smallest absolute Gasteiger partial charge is 0.411 e. The number of hydrogen-bond acceptors (Lipinski definition) is 7. The normalized spacial score (nSPS) is 14.7. The van der Waals surface area contributed by atoms with Crippen molar-refractivity contribution < 1.29 is 23.7 Å². The molecule has 1 amide bonds. The number of benzene rings is 2. The molecule has 2 aromatic carbocycles. The van der Waals surface area contributed by atoms with Crippen molar-refractivity contribution in [2.45, 2.75) is 18.9 Å². The van der Waals surface area contributed by atoms with Crippen LogP contribution in [-0.4, -0.2) is 56.4 Å². The highest BCUT2D eigenvalue weighted by Gasteiger charge is 2.20. The van der Waals surface area contributed by atoms with Crippen molar-refractivity contribution in [3.05, 3.63) is 48.7 Å². The summed E-state index contributed by atoms with van der Waals surface area (Å²) in [5, 5.41) is 3.58. The summed E-state index contributed by atoms with van der Waals surface area (Å²) in [5.41, 5.74) is 1.37. The predicted molar refractivity (Wildman–Crippen MR) is 122 cm³/mol. The van der Waals surface area contributed by atoms with E-state index >= 15 is 0 Å². The first-order valence-electron chi connectivity index (χ1n) is 10.5. The first-order chi connectivity index (χ1) is 15.6. The Hall–Kier alpha value is -3.52. The van der Waals surface area contributed by atoms with E-state index in [2.05, 4.69) is 22.2 Å². The lowest BCUT2D eigenvalue weighted by molar-refractivity contribution is 0.0662. The van der Waals surface area contributed by atoms with Gasteiger partial charge in [-0.3, -0.25) is 10.3 Å². The van der Waals surface area contributed by atoms with E-state index in [0.29, 0.717) is 28.7 Å². The Kier molecular flexibility index (Phi) is 6.61. The first kappa shape index (κ1) is 21.7. The zero-order valence-corrected chi connectivity index (χ0v) is 18.5. The number of carbonyl (C=O) groups is 1. The van der Waals surface area contributed by atoms with Crippen molar-refractivity contribution in [2.24, 2.45) is 0 Å². The summed E-state index contributed by atoms with van der Waals surface area (Å²) >= 11 is 0. The Morgan fingerprint density at radius 3 is 2.38 bits per heavy atom. The molecule has 0 unspecified atom stereocenters. The molecule has 168 valence electrons. The number of ether oxygens (including phenoxy) is 4. The average molecular weight is 437 g/mol. The van der Waals surface area contributed by atoms with Gasteiger partial charge in [-0.1, -0.05) is 0 Å². The van der Waals surface area contributed by atoms with Gasteiger partial charge in [0.05, 0.1) is 19.7 Å². The fourth-order valence-corrected chi connectivity index (χ4v) is 3.67. The van der Waals surface area contributed by atoms with Crippen LogP contribution in [0.5, 0.6) is 23.0 Å². The molecule has 4 rings (SSSR count). The van der Waals surface area contributed by atoms with Crippen LogP contribution in [0, 0.1) is 0 Å². The number of likely N-dealkylation sites (tertiary alicyclic amines) is 1. The molecule has 1 saturated heterocycles. The summed E-state index contributed by atoms with van der Waals surface area (Å²) < 4.78 is 22.3. The molecule has 8 nitrogen and oxygen atoms in total. The Labute approximate surface area is 187 Å². The van der Waals surface area contributed by atoms with E-state index < -0.39 is 6.09 Å². The summed E-state index contributed by atoms with van der Waals surface area (Å²) in [6.45, 7) is 1.87. The van der Waals surface area contributed by atoms with Crippen molar-refractivity contribution >= 4 is 22.7 Å². The molecule has 1 aliphatic heterocycles. The van der Waals surface area contributed by atoms with Gasteiger partial charge in [0.2, 0.25) is 0 Å². The Morgan fingerprint density at radius 2 is 1.69 bits per heavy atom. The van der Waals surface area contributed by atoms with Gasteiger partial charge in [-0.25, -0.2) is 4.79 Å². The molecule has 3 aromatic rings. The summed E-state index contributed by atoms with van der Waals surface area (Å²) in [5.74, 6) is 2.47. The van der Waals surface area contributed by atoms with Gasteiger partial charge < -0.3 is 23.8 Å². The first-order valence-corrected chi connectivity index (χ1v) is 10.5. The quantitative estimate of drug-likeness (QED) is 0.599. The zero-order chi connectivity index (χ0) is 22.5. The molecule has 1 aromatic heterocycles. The van der Waals surface area contributed by atoms with E-state index in [1.165, 1.54) is 0 Å². The molecule has 2 heterocycles. The Balaban J connectivity index is 1.42. The number of anilines is 1. The summed E-state index contributed by atoms with van der Waals surface area (Å²) in [6.07, 6.45) is 2.91. The van der Waals surface area contributed by atoms with Gasteiger partial charge in [0.1, 0.15) is 17.6 Å². The van der Waals surface area contributed by atoms with Crippen LogP contribution in [0.2, 0.25) is 0 Å². The third kappa shape index (κ3) is 5.03. The number of nitrogens with zero attached hydrogens (tertiary/aromatic N) is 2. The average Bonchev–Trinajstić information content (AvgIpc) is 2.81. The van der Waals surface area contributed by atoms with E-state index in [-0.39, 0.29) is 6.10 Å². The maximum absolute atomic E-state index is 12.2. The van der Waals surface area contributed by atoms with Crippen LogP contribution in [0.15, 0.2) is 48.7 Å². The zero-order valence-electron chi connectivity index (χ0n) is 18.5. The van der Waals surface area contributed by atoms with Gasteiger partial charge in [0, 0.05) is 36.4 Å². The highest BCUT2D eigenvalue weighted by atomic mass is 16.6. The lowest BCUT2D eigenvalue weighted by Crippen LogP contribution is -2.36. The van der Waals surface area contributed by atoms with E-state index in [4.69, 9.17) is 18.9 Å². The van der Waals surface area contributed by atoms with E-state index in [1.54, 1.807) is 50.7 Å². The highest BCUT2D eigenvalue weighted by molar-refractivity contribution is 5.88. The molecule has 1 fully saturated rings. The monoisotopic (exact) mass is 437 g/mol. The van der Waals surface area contributed by atoms with Crippen LogP contribution in [0.4, 0.5) is 10.5 Å². The lowest BCUT2D eigenvalue weighted by atomic mass is 10.1. The number of pyridine rings is 1. The standard InChI is InChI=1S/C24H27N3O5/c1-27-12-9-18(10-13-27)32-24(28)26-16-4-6-17(7-5-16)31-21-8-11-25-20-15-23(30-3)22(29-2)14-19(20)21/h4-8,11,14-15,18H,9-10,12-13H2,1-3H3,(H,26,28). The summed E-state index contributed by atoms with van der Waals surface area (Å²) in [6, 6.07) is 12.6. The number of aromatic nitrogens is 1. The maximum atomic E-state index is 12.2. The summed E-state index contributed by atoms with van der Waals surface area (Å²) in [4.78, 5) is 18.8. The molecular weight excluding hydrogens is 410 g/mol. The SMILES string of the molecule is COc1cc2nccc(Oc3ccc(NC(=O)OC4CCN(C)CC4)cc3)c2cc1OC. The number of rotatable bonds is 6. The highest BCUT2D eigenvalue weighted by Crippen LogP contribution is 2.37. The largest absolute Gasteiger partial charge is 0.493 e. The molecule has 0 spiro atoms. The minimum absolute atomic E-state index is 0.0376. The van der Waals surface area contributed by atoms with Gasteiger partial charge in [0.25, 0.3) is 0 Å². The minimum Gasteiger partial charge on any atom is -0.493 e. The summed E-state index contributed by atoms with van der Waals surface area (Å²) in [7, 11) is 5.25. The molecule has 0 bridgehead atoms. The number of nitrogens with one attached hydrogen (secondary N) is 1. The fraction of sp³-hybridized carbons (Fsp3) is 0.333. The van der Waals surface area contributed by atoms with Crippen LogP contribution < -0.4 is 19.5 Å². The van der Waals surface area contributed by atoms with Crippen LogP contribution in [0.3, 0.4) is 0 Å². The second-order valence-electron chi connectivity index (χ2n) is 7.69. The van der Waals surface area contributed by atoms with Crippen molar-refractivity contribution in [2.75, 3.05) is 39.7 Å². The van der Waals surface area contributed by atoms with Gasteiger partial charge >= 0.3 is 6.09 Å². The van der Waals surface area contributed by atoms with Gasteiger partial charge in [-0.2, -0.15) is 0 Å². The fourth-order valence-electron chi connectivity index (χ4n) is 3.67. The number of hydrogen-bond donors (Lipinski definition) is 1. The molecule has 0 radical (unpaired) electrons.